The highest BCUT2D eigenvalue weighted by Gasteiger charge is 2.19. The third kappa shape index (κ3) is 6.00. The minimum atomic E-state index is 0.590. The highest BCUT2D eigenvalue weighted by atomic mass is 14.9. The van der Waals surface area contributed by atoms with Crippen LogP contribution in [0.1, 0.15) is 90.2 Å². The Hall–Kier alpha value is -1.02. The third-order valence-electron chi connectivity index (χ3n) is 4.08. The molecule has 0 amide bonds. The zero-order chi connectivity index (χ0) is 17.1. The molecule has 2 rings (SSSR count). The van der Waals surface area contributed by atoms with Crippen LogP contribution in [0.3, 0.4) is 0 Å². The number of para-hydroxylation sites is 1. The summed E-state index contributed by atoms with van der Waals surface area (Å²) >= 11 is 0. The number of rotatable bonds is 4. The van der Waals surface area contributed by atoms with E-state index in [1.807, 2.05) is 13.8 Å². The fourth-order valence-electron chi connectivity index (χ4n) is 2.99. The molecular weight excluding hydrogens is 268 g/mol. The molecule has 1 aromatic rings. The predicted octanol–water partition coefficient (Wildman–Crippen LogP) is 5.89. The van der Waals surface area contributed by atoms with Crippen molar-refractivity contribution >= 4 is 5.69 Å². The summed E-state index contributed by atoms with van der Waals surface area (Å²) in [7, 11) is 1.50. The number of nitrogens with two attached hydrogens (primary N) is 1. The topological polar surface area (TPSA) is 38.0 Å². The molecule has 128 valence electrons. The zero-order valence-electron chi connectivity index (χ0n) is 15.9. The second-order valence-electron chi connectivity index (χ2n) is 6.25. The number of nitrogens with one attached hydrogen (secondary N) is 1. The number of hydrogen-bond donors (Lipinski definition) is 2. The summed E-state index contributed by atoms with van der Waals surface area (Å²) in [5.41, 5.74) is 8.88. The lowest BCUT2D eigenvalue weighted by Gasteiger charge is -2.24. The van der Waals surface area contributed by atoms with Crippen LogP contribution >= 0.6 is 0 Å². The van der Waals surface area contributed by atoms with Crippen LogP contribution in [0.15, 0.2) is 18.2 Å². The molecular formula is C20H38N2. The van der Waals surface area contributed by atoms with Gasteiger partial charge in [-0.25, -0.2) is 0 Å². The van der Waals surface area contributed by atoms with Crippen LogP contribution in [-0.4, -0.2) is 13.1 Å². The van der Waals surface area contributed by atoms with Crippen molar-refractivity contribution in [2.24, 2.45) is 5.73 Å². The van der Waals surface area contributed by atoms with Crippen molar-refractivity contribution < 1.29 is 0 Å². The van der Waals surface area contributed by atoms with Crippen molar-refractivity contribution in [1.82, 2.24) is 0 Å². The second kappa shape index (κ2) is 11.5. The van der Waals surface area contributed by atoms with Crippen molar-refractivity contribution in [3.05, 3.63) is 29.3 Å². The van der Waals surface area contributed by atoms with Gasteiger partial charge in [-0.2, -0.15) is 0 Å². The summed E-state index contributed by atoms with van der Waals surface area (Å²) in [4.78, 5) is 0. The van der Waals surface area contributed by atoms with Crippen LogP contribution in [-0.2, 0) is 0 Å². The molecule has 0 saturated heterocycles. The SMILES string of the molecule is CC.CC(C)c1cccc(C(C)C)c1NC1CCCC1.CN. The Kier molecular flexibility index (Phi) is 11.0. The Morgan fingerprint density at radius 1 is 0.909 bits per heavy atom. The Balaban J connectivity index is 0.00000102. The Bertz CT molecular complexity index is 364. The maximum absolute atomic E-state index is 4.50. The normalized spacial score (nSPS) is 14.3. The molecule has 0 bridgehead atoms. The van der Waals surface area contributed by atoms with Gasteiger partial charge in [-0.3, -0.25) is 0 Å². The van der Waals surface area contributed by atoms with Crippen LogP contribution in [0.2, 0.25) is 0 Å². The summed E-state index contributed by atoms with van der Waals surface area (Å²) in [6.07, 6.45) is 5.45. The quantitative estimate of drug-likeness (QED) is 0.728. The number of hydrogen-bond acceptors (Lipinski definition) is 2. The fraction of sp³-hybridized carbons (Fsp3) is 0.700. The zero-order valence-corrected chi connectivity index (χ0v) is 15.9. The first-order chi connectivity index (χ1) is 10.6. The second-order valence-corrected chi connectivity index (χ2v) is 6.25. The molecule has 0 heterocycles. The first-order valence-corrected chi connectivity index (χ1v) is 9.06. The van der Waals surface area contributed by atoms with Gasteiger partial charge in [0, 0.05) is 11.7 Å². The van der Waals surface area contributed by atoms with E-state index in [2.05, 4.69) is 56.9 Å². The van der Waals surface area contributed by atoms with Crippen molar-refractivity contribution in [3.8, 4) is 0 Å². The van der Waals surface area contributed by atoms with Gasteiger partial charge in [0.1, 0.15) is 0 Å². The Labute approximate surface area is 138 Å². The minimum absolute atomic E-state index is 0.590. The first kappa shape index (κ1) is 21.0. The molecule has 2 heteroatoms. The van der Waals surface area contributed by atoms with E-state index >= 15 is 0 Å². The van der Waals surface area contributed by atoms with E-state index in [1.165, 1.54) is 49.5 Å². The lowest BCUT2D eigenvalue weighted by molar-refractivity contribution is 0.741. The van der Waals surface area contributed by atoms with Crippen LogP contribution < -0.4 is 11.1 Å². The fourth-order valence-corrected chi connectivity index (χ4v) is 2.99. The molecule has 3 N–H and O–H groups in total. The first-order valence-electron chi connectivity index (χ1n) is 9.06. The number of anilines is 1. The molecule has 0 atom stereocenters. The highest BCUT2D eigenvalue weighted by molar-refractivity contribution is 5.60. The van der Waals surface area contributed by atoms with Crippen LogP contribution in [0, 0.1) is 0 Å². The smallest absolute Gasteiger partial charge is 0.0412 e. The molecule has 1 aromatic carbocycles. The van der Waals surface area contributed by atoms with E-state index in [4.69, 9.17) is 0 Å². The van der Waals surface area contributed by atoms with E-state index in [0.29, 0.717) is 17.9 Å². The average Bonchev–Trinajstić information content (AvgIpc) is 3.04. The maximum Gasteiger partial charge on any atom is 0.0412 e. The lowest BCUT2D eigenvalue weighted by atomic mass is 9.92. The summed E-state index contributed by atoms with van der Waals surface area (Å²) in [5.74, 6) is 1.18. The van der Waals surface area contributed by atoms with Crippen molar-refractivity contribution in [1.29, 1.82) is 0 Å². The van der Waals surface area contributed by atoms with Crippen molar-refractivity contribution in [2.45, 2.75) is 85.1 Å². The van der Waals surface area contributed by atoms with Gasteiger partial charge >= 0.3 is 0 Å². The van der Waals surface area contributed by atoms with Crippen LogP contribution in [0.4, 0.5) is 5.69 Å². The van der Waals surface area contributed by atoms with E-state index in [9.17, 15) is 0 Å². The average molecular weight is 307 g/mol. The molecule has 1 saturated carbocycles. The van der Waals surface area contributed by atoms with Gasteiger partial charge in [0.2, 0.25) is 0 Å². The third-order valence-corrected chi connectivity index (χ3v) is 4.08. The molecule has 0 radical (unpaired) electrons. The maximum atomic E-state index is 4.50. The Morgan fingerprint density at radius 2 is 1.32 bits per heavy atom. The van der Waals surface area contributed by atoms with Gasteiger partial charge in [0.25, 0.3) is 0 Å². The summed E-state index contributed by atoms with van der Waals surface area (Å²) < 4.78 is 0. The van der Waals surface area contributed by atoms with E-state index in [1.54, 1.807) is 0 Å². The number of benzene rings is 1. The van der Waals surface area contributed by atoms with E-state index < -0.39 is 0 Å². The molecule has 2 nitrogen and oxygen atoms in total. The van der Waals surface area contributed by atoms with Gasteiger partial charge in [-0.05, 0) is 42.9 Å². The molecule has 0 aromatic heterocycles. The monoisotopic (exact) mass is 306 g/mol. The highest BCUT2D eigenvalue weighted by Crippen LogP contribution is 2.34. The van der Waals surface area contributed by atoms with Gasteiger partial charge in [-0.1, -0.05) is 72.6 Å². The summed E-state index contributed by atoms with van der Waals surface area (Å²) in [6.45, 7) is 13.2. The van der Waals surface area contributed by atoms with Gasteiger partial charge < -0.3 is 11.1 Å². The molecule has 1 aliphatic carbocycles. The summed E-state index contributed by atoms with van der Waals surface area (Å²) in [6, 6.07) is 7.48. The van der Waals surface area contributed by atoms with E-state index in [0.717, 1.165) is 0 Å². The van der Waals surface area contributed by atoms with Gasteiger partial charge in [-0.15, -0.1) is 0 Å². The van der Waals surface area contributed by atoms with Crippen LogP contribution in [0.5, 0.6) is 0 Å². The van der Waals surface area contributed by atoms with Crippen molar-refractivity contribution in [3.63, 3.8) is 0 Å². The molecule has 0 spiro atoms. The Morgan fingerprint density at radius 3 is 1.68 bits per heavy atom. The van der Waals surface area contributed by atoms with E-state index in [-0.39, 0.29) is 0 Å². The standard InChI is InChI=1S/C17H27N.C2H6.CH5N/c1-12(2)15-10-7-11-16(13(3)4)17(15)18-14-8-5-6-9-14;2*1-2/h7,10-14,18H,5-6,8-9H2,1-4H3;1-2H3;2H2,1H3. The molecule has 22 heavy (non-hydrogen) atoms. The largest absolute Gasteiger partial charge is 0.382 e. The molecule has 0 unspecified atom stereocenters. The molecule has 1 fully saturated rings. The van der Waals surface area contributed by atoms with Gasteiger partial charge in [0.15, 0.2) is 0 Å². The van der Waals surface area contributed by atoms with Crippen LogP contribution in [0.25, 0.3) is 0 Å². The summed E-state index contributed by atoms with van der Waals surface area (Å²) in [5, 5.41) is 3.84. The van der Waals surface area contributed by atoms with Crippen molar-refractivity contribution in [2.75, 3.05) is 12.4 Å². The minimum Gasteiger partial charge on any atom is -0.382 e. The molecule has 1 aliphatic rings. The molecule has 0 aliphatic heterocycles. The van der Waals surface area contributed by atoms with Gasteiger partial charge in [0.05, 0.1) is 0 Å². The predicted molar refractivity (Wildman–Crippen MR) is 102 cm³/mol. The lowest BCUT2D eigenvalue weighted by Crippen LogP contribution is -2.18.